The summed E-state index contributed by atoms with van der Waals surface area (Å²) in [6.07, 6.45) is 1.32. The maximum atomic E-state index is 12.0. The van der Waals surface area contributed by atoms with E-state index >= 15 is 0 Å². The molecule has 0 aliphatic carbocycles. The lowest BCUT2D eigenvalue weighted by Gasteiger charge is -2.07. The molecule has 2 N–H and O–H groups in total. The van der Waals surface area contributed by atoms with Crippen LogP contribution in [-0.4, -0.2) is 27.7 Å². The largest absolute Gasteiger partial charge is 0.435 e. The van der Waals surface area contributed by atoms with Crippen molar-refractivity contribution in [3.05, 3.63) is 42.0 Å². The number of hydrogen-bond donors (Lipinski definition) is 2. The minimum Gasteiger partial charge on any atom is -0.435 e. The van der Waals surface area contributed by atoms with Crippen LogP contribution in [0.25, 0.3) is 0 Å². The zero-order valence-corrected chi connectivity index (χ0v) is 9.64. The number of halogens is 2. The van der Waals surface area contributed by atoms with Gasteiger partial charge in [-0.2, -0.15) is 13.9 Å². The summed E-state index contributed by atoms with van der Waals surface area (Å²) < 4.78 is 28.3. The number of amides is 1. The molecule has 0 aliphatic heterocycles. The van der Waals surface area contributed by atoms with Crippen molar-refractivity contribution < 1.29 is 18.3 Å². The van der Waals surface area contributed by atoms with Crippen molar-refractivity contribution in [1.29, 1.82) is 0 Å². The van der Waals surface area contributed by atoms with Crippen molar-refractivity contribution in [3.8, 4) is 5.75 Å². The van der Waals surface area contributed by atoms with Gasteiger partial charge in [0.15, 0.2) is 0 Å². The zero-order chi connectivity index (χ0) is 13.7. The van der Waals surface area contributed by atoms with Crippen LogP contribution in [0, 0.1) is 0 Å². The Bertz CT molecular complexity index is 545. The number of H-pyrrole nitrogens is 1. The number of hydrogen-bond acceptors (Lipinski definition) is 4. The van der Waals surface area contributed by atoms with E-state index in [1.165, 1.54) is 30.6 Å². The van der Waals surface area contributed by atoms with Gasteiger partial charge in [-0.05, 0) is 18.2 Å². The standard InChI is InChI=1S/C11H10F2N4O2/c12-11(13)19-8-3-1-2-7(4-8)10(18)14-5-9-15-6-16-17-9/h1-4,6,11H,5H2,(H,14,18)(H,15,16,17). The third kappa shape index (κ3) is 3.73. The first-order valence-corrected chi connectivity index (χ1v) is 5.32. The second kappa shape index (κ2) is 5.89. The van der Waals surface area contributed by atoms with Crippen molar-refractivity contribution in [2.24, 2.45) is 0 Å². The van der Waals surface area contributed by atoms with Gasteiger partial charge < -0.3 is 10.1 Å². The van der Waals surface area contributed by atoms with E-state index in [4.69, 9.17) is 0 Å². The van der Waals surface area contributed by atoms with Crippen molar-refractivity contribution >= 4 is 5.91 Å². The zero-order valence-electron chi connectivity index (χ0n) is 9.64. The fourth-order valence-electron chi connectivity index (χ4n) is 1.40. The molecule has 0 bridgehead atoms. The number of carbonyl (C=O) groups excluding carboxylic acids is 1. The molecule has 1 aromatic heterocycles. The molecule has 1 heterocycles. The van der Waals surface area contributed by atoms with Crippen LogP contribution in [0.2, 0.25) is 0 Å². The lowest BCUT2D eigenvalue weighted by atomic mass is 10.2. The monoisotopic (exact) mass is 268 g/mol. The van der Waals surface area contributed by atoms with Crippen LogP contribution in [0.1, 0.15) is 16.2 Å². The van der Waals surface area contributed by atoms with Crippen LogP contribution in [0.5, 0.6) is 5.75 Å². The Hall–Kier alpha value is -2.51. The predicted molar refractivity (Wildman–Crippen MR) is 60.6 cm³/mol. The summed E-state index contributed by atoms with van der Waals surface area (Å²) in [5.74, 6) is 0.00627. The van der Waals surface area contributed by atoms with E-state index in [9.17, 15) is 13.6 Å². The highest BCUT2D eigenvalue weighted by Gasteiger charge is 2.09. The van der Waals surface area contributed by atoms with E-state index in [1.807, 2.05) is 0 Å². The molecule has 0 saturated carbocycles. The summed E-state index contributed by atoms with van der Waals surface area (Å²) in [6.45, 7) is -2.76. The fourth-order valence-corrected chi connectivity index (χ4v) is 1.40. The fraction of sp³-hybridized carbons (Fsp3) is 0.182. The summed E-state index contributed by atoms with van der Waals surface area (Å²) in [6, 6.07) is 5.54. The lowest BCUT2D eigenvalue weighted by molar-refractivity contribution is -0.0498. The van der Waals surface area contributed by atoms with E-state index in [1.54, 1.807) is 0 Å². The van der Waals surface area contributed by atoms with Crippen LogP contribution >= 0.6 is 0 Å². The van der Waals surface area contributed by atoms with Crippen LogP contribution < -0.4 is 10.1 Å². The van der Waals surface area contributed by atoms with Gasteiger partial charge in [0, 0.05) is 5.56 Å². The van der Waals surface area contributed by atoms with E-state index in [2.05, 4.69) is 25.2 Å². The van der Waals surface area contributed by atoms with Crippen LogP contribution in [0.15, 0.2) is 30.6 Å². The van der Waals surface area contributed by atoms with Gasteiger partial charge in [-0.25, -0.2) is 4.98 Å². The molecule has 0 aliphatic rings. The quantitative estimate of drug-likeness (QED) is 0.857. The number of nitrogens with zero attached hydrogens (tertiary/aromatic N) is 2. The molecule has 0 spiro atoms. The van der Waals surface area contributed by atoms with Gasteiger partial charge in [0.1, 0.15) is 17.9 Å². The highest BCUT2D eigenvalue weighted by Crippen LogP contribution is 2.15. The van der Waals surface area contributed by atoms with Crippen molar-refractivity contribution in [2.75, 3.05) is 0 Å². The van der Waals surface area contributed by atoms with E-state index in [0.717, 1.165) is 0 Å². The number of alkyl halides is 2. The molecule has 1 amide bonds. The number of aromatic nitrogens is 3. The number of aromatic amines is 1. The Morgan fingerprint density at radius 1 is 1.47 bits per heavy atom. The Kier molecular flexibility index (Phi) is 4.01. The molecule has 100 valence electrons. The average Bonchev–Trinajstić information content (AvgIpc) is 2.88. The number of ether oxygens (including phenoxy) is 1. The maximum Gasteiger partial charge on any atom is 0.387 e. The Morgan fingerprint density at radius 3 is 3.00 bits per heavy atom. The molecular formula is C11H10F2N4O2. The van der Waals surface area contributed by atoms with Crippen LogP contribution in [-0.2, 0) is 6.54 Å². The Labute approximate surface area is 106 Å². The topological polar surface area (TPSA) is 79.9 Å². The first kappa shape index (κ1) is 12.9. The summed E-state index contributed by atoms with van der Waals surface area (Å²) >= 11 is 0. The Balaban J connectivity index is 1.98. The van der Waals surface area contributed by atoms with Gasteiger partial charge in [0.25, 0.3) is 5.91 Å². The summed E-state index contributed by atoms with van der Waals surface area (Å²) in [5.41, 5.74) is 0.220. The second-order valence-corrected chi connectivity index (χ2v) is 3.52. The number of nitrogens with one attached hydrogen (secondary N) is 2. The van der Waals surface area contributed by atoms with Crippen LogP contribution in [0.4, 0.5) is 8.78 Å². The highest BCUT2D eigenvalue weighted by atomic mass is 19.3. The number of rotatable bonds is 5. The second-order valence-electron chi connectivity index (χ2n) is 3.52. The molecular weight excluding hydrogens is 258 g/mol. The van der Waals surface area contributed by atoms with Gasteiger partial charge in [-0.3, -0.25) is 9.89 Å². The summed E-state index contributed by atoms with van der Waals surface area (Å²) in [7, 11) is 0. The van der Waals surface area contributed by atoms with Gasteiger partial charge >= 0.3 is 6.61 Å². The van der Waals surface area contributed by atoms with Gasteiger partial charge in [-0.1, -0.05) is 6.07 Å². The molecule has 8 heteroatoms. The number of benzene rings is 1. The summed E-state index contributed by atoms with van der Waals surface area (Å²) in [4.78, 5) is 15.6. The molecule has 19 heavy (non-hydrogen) atoms. The third-order valence-corrected chi connectivity index (χ3v) is 2.20. The third-order valence-electron chi connectivity index (χ3n) is 2.20. The Morgan fingerprint density at radius 2 is 2.32 bits per heavy atom. The van der Waals surface area contributed by atoms with Crippen LogP contribution in [0.3, 0.4) is 0 Å². The molecule has 0 atom stereocenters. The first-order chi connectivity index (χ1) is 9.15. The predicted octanol–water partition coefficient (Wildman–Crippen LogP) is 1.34. The maximum absolute atomic E-state index is 12.0. The van der Waals surface area contributed by atoms with E-state index in [0.29, 0.717) is 5.82 Å². The molecule has 2 rings (SSSR count). The molecule has 0 radical (unpaired) electrons. The van der Waals surface area contributed by atoms with E-state index < -0.39 is 12.5 Å². The SMILES string of the molecule is O=C(NCc1ncn[nH]1)c1cccc(OC(F)F)c1. The van der Waals surface area contributed by atoms with Crippen molar-refractivity contribution in [2.45, 2.75) is 13.2 Å². The first-order valence-electron chi connectivity index (χ1n) is 5.32. The van der Waals surface area contributed by atoms with Gasteiger partial charge in [0.2, 0.25) is 0 Å². The molecule has 0 fully saturated rings. The van der Waals surface area contributed by atoms with Crippen molar-refractivity contribution in [3.63, 3.8) is 0 Å². The normalized spacial score (nSPS) is 10.5. The highest BCUT2D eigenvalue weighted by molar-refractivity contribution is 5.94. The average molecular weight is 268 g/mol. The van der Waals surface area contributed by atoms with Crippen molar-refractivity contribution in [1.82, 2.24) is 20.5 Å². The number of carbonyl (C=O) groups is 1. The molecule has 0 saturated heterocycles. The molecule has 2 aromatic rings. The molecule has 0 unspecified atom stereocenters. The van der Waals surface area contributed by atoms with Gasteiger partial charge in [0.05, 0.1) is 6.54 Å². The summed E-state index contributed by atoms with van der Waals surface area (Å²) in [5, 5.41) is 8.78. The minimum absolute atomic E-state index is 0.0673. The smallest absolute Gasteiger partial charge is 0.387 e. The molecule has 6 nitrogen and oxygen atoms in total. The lowest BCUT2D eigenvalue weighted by Crippen LogP contribution is -2.23. The van der Waals surface area contributed by atoms with Gasteiger partial charge in [-0.15, -0.1) is 0 Å². The van der Waals surface area contributed by atoms with E-state index in [-0.39, 0.29) is 17.9 Å². The minimum atomic E-state index is -2.92. The molecule has 1 aromatic carbocycles.